The second-order valence-corrected chi connectivity index (χ2v) is 9.49. The standard InChI is InChI=1S/C29H30N4OS/c1-19-8-12-23(13-9-19)33-20(2)17-25(21(33)3)28-27(26-7-5-6-16-30-26)31-29(35)32(28)18-22-10-14-24(34-4)15-11-22/h5-17,27-28H,18H2,1-4H3,(H,31,35)/t27-,28-/m1/s1. The molecule has 3 heterocycles. The second kappa shape index (κ2) is 9.55. The van der Waals surface area contributed by atoms with E-state index in [1.807, 2.05) is 30.5 Å². The predicted octanol–water partition coefficient (Wildman–Crippen LogP) is 5.98. The summed E-state index contributed by atoms with van der Waals surface area (Å²) in [4.78, 5) is 6.98. The molecule has 0 spiro atoms. The fraction of sp³-hybridized carbons (Fsp3) is 0.241. The van der Waals surface area contributed by atoms with Crippen LogP contribution < -0.4 is 10.1 Å². The Morgan fingerprint density at radius 3 is 2.37 bits per heavy atom. The number of aryl methyl sites for hydroxylation is 2. The zero-order valence-corrected chi connectivity index (χ0v) is 21.3. The van der Waals surface area contributed by atoms with Crippen LogP contribution in [0.5, 0.6) is 5.75 Å². The van der Waals surface area contributed by atoms with Gasteiger partial charge in [-0.25, -0.2) is 0 Å². The maximum atomic E-state index is 5.89. The lowest BCUT2D eigenvalue weighted by atomic mass is 9.96. The minimum atomic E-state index is -0.0473. The molecular weight excluding hydrogens is 452 g/mol. The molecule has 1 fully saturated rings. The third-order valence-electron chi connectivity index (χ3n) is 6.79. The molecular formula is C29H30N4OS. The minimum absolute atomic E-state index is 0.00454. The molecule has 2 aromatic carbocycles. The van der Waals surface area contributed by atoms with Crippen molar-refractivity contribution >= 4 is 17.3 Å². The van der Waals surface area contributed by atoms with Gasteiger partial charge in [0.15, 0.2) is 5.11 Å². The summed E-state index contributed by atoms with van der Waals surface area (Å²) < 4.78 is 7.67. The summed E-state index contributed by atoms with van der Waals surface area (Å²) in [7, 11) is 1.69. The molecule has 178 valence electrons. The number of nitrogens with zero attached hydrogens (tertiary/aromatic N) is 3. The molecule has 2 aromatic heterocycles. The van der Waals surface area contributed by atoms with Gasteiger partial charge in [-0.05, 0) is 86.6 Å². The quantitative estimate of drug-likeness (QED) is 0.343. The Bertz CT molecular complexity index is 1330. The highest BCUT2D eigenvalue weighted by molar-refractivity contribution is 7.80. The number of hydrogen-bond donors (Lipinski definition) is 1. The molecule has 35 heavy (non-hydrogen) atoms. The predicted molar refractivity (Wildman–Crippen MR) is 144 cm³/mol. The van der Waals surface area contributed by atoms with Gasteiger partial charge in [-0.3, -0.25) is 4.98 Å². The van der Waals surface area contributed by atoms with Gasteiger partial charge in [0.25, 0.3) is 0 Å². The average Bonchev–Trinajstić information content (AvgIpc) is 3.35. The van der Waals surface area contributed by atoms with E-state index >= 15 is 0 Å². The largest absolute Gasteiger partial charge is 0.497 e. The average molecular weight is 483 g/mol. The number of methoxy groups -OCH3 is 1. The SMILES string of the molecule is COc1ccc(CN2C(=S)N[C@H](c3ccccn3)[C@H]2c2cc(C)n(-c3ccc(C)cc3)c2C)cc1. The minimum Gasteiger partial charge on any atom is -0.497 e. The molecule has 1 aliphatic heterocycles. The van der Waals surface area contributed by atoms with Gasteiger partial charge in [0, 0.05) is 29.8 Å². The van der Waals surface area contributed by atoms with Gasteiger partial charge >= 0.3 is 0 Å². The fourth-order valence-electron chi connectivity index (χ4n) is 5.02. The van der Waals surface area contributed by atoms with Crippen LogP contribution in [-0.4, -0.2) is 26.7 Å². The molecule has 0 aliphatic carbocycles. The van der Waals surface area contributed by atoms with Crippen LogP contribution in [0.1, 0.15) is 45.9 Å². The third-order valence-corrected chi connectivity index (χ3v) is 7.14. The molecule has 1 N–H and O–H groups in total. The van der Waals surface area contributed by atoms with Crippen LogP contribution in [-0.2, 0) is 6.54 Å². The number of rotatable bonds is 6. The van der Waals surface area contributed by atoms with Crippen LogP contribution >= 0.6 is 12.2 Å². The van der Waals surface area contributed by atoms with Gasteiger partial charge in [0.05, 0.1) is 24.9 Å². The van der Waals surface area contributed by atoms with E-state index in [0.717, 1.165) is 16.6 Å². The molecule has 1 aliphatic rings. The van der Waals surface area contributed by atoms with E-state index in [9.17, 15) is 0 Å². The van der Waals surface area contributed by atoms with Gasteiger partial charge in [0.2, 0.25) is 0 Å². The number of aromatic nitrogens is 2. The van der Waals surface area contributed by atoms with E-state index in [0.29, 0.717) is 6.54 Å². The van der Waals surface area contributed by atoms with Gasteiger partial charge in [-0.15, -0.1) is 0 Å². The van der Waals surface area contributed by atoms with Crippen LogP contribution in [0.2, 0.25) is 0 Å². The van der Waals surface area contributed by atoms with Gasteiger partial charge in [-0.1, -0.05) is 35.9 Å². The maximum absolute atomic E-state index is 5.89. The Morgan fingerprint density at radius 2 is 1.71 bits per heavy atom. The van der Waals surface area contributed by atoms with Crippen LogP contribution in [0.4, 0.5) is 0 Å². The first-order valence-electron chi connectivity index (χ1n) is 11.8. The van der Waals surface area contributed by atoms with Crippen LogP contribution in [0.3, 0.4) is 0 Å². The number of pyridine rings is 1. The summed E-state index contributed by atoms with van der Waals surface area (Å²) in [6, 6.07) is 25.2. The molecule has 4 aromatic rings. The molecule has 0 bridgehead atoms. The van der Waals surface area contributed by atoms with Crippen molar-refractivity contribution in [1.82, 2.24) is 19.8 Å². The second-order valence-electron chi connectivity index (χ2n) is 9.10. The Kier molecular flexibility index (Phi) is 6.31. The van der Waals surface area contributed by atoms with Crippen molar-refractivity contribution in [3.05, 3.63) is 113 Å². The smallest absolute Gasteiger partial charge is 0.170 e. The molecule has 0 saturated carbocycles. The maximum Gasteiger partial charge on any atom is 0.170 e. The molecule has 0 radical (unpaired) electrons. The van der Waals surface area contributed by atoms with E-state index in [2.05, 4.69) is 89.1 Å². The molecule has 2 atom stereocenters. The first-order valence-corrected chi connectivity index (χ1v) is 12.2. The number of benzene rings is 2. The monoisotopic (exact) mass is 482 g/mol. The lowest BCUT2D eigenvalue weighted by molar-refractivity contribution is 0.310. The van der Waals surface area contributed by atoms with Gasteiger partial charge in [0.1, 0.15) is 5.75 Å². The first-order chi connectivity index (χ1) is 17.0. The number of ether oxygens (including phenoxy) is 1. The highest BCUT2D eigenvalue weighted by atomic mass is 32.1. The summed E-state index contributed by atoms with van der Waals surface area (Å²) in [6.45, 7) is 7.17. The Hall–Kier alpha value is -3.64. The van der Waals surface area contributed by atoms with Crippen LogP contribution in [0.25, 0.3) is 5.69 Å². The zero-order valence-electron chi connectivity index (χ0n) is 20.5. The fourth-order valence-corrected chi connectivity index (χ4v) is 5.33. The van der Waals surface area contributed by atoms with Crippen molar-refractivity contribution in [1.29, 1.82) is 0 Å². The third kappa shape index (κ3) is 4.42. The van der Waals surface area contributed by atoms with Crippen molar-refractivity contribution in [2.24, 2.45) is 0 Å². The van der Waals surface area contributed by atoms with E-state index in [-0.39, 0.29) is 12.1 Å². The molecule has 0 unspecified atom stereocenters. The summed E-state index contributed by atoms with van der Waals surface area (Å²) in [6.07, 6.45) is 1.85. The lowest BCUT2D eigenvalue weighted by Gasteiger charge is -2.28. The summed E-state index contributed by atoms with van der Waals surface area (Å²) in [5, 5.41) is 4.31. The Balaban J connectivity index is 1.59. The lowest BCUT2D eigenvalue weighted by Crippen LogP contribution is -2.29. The highest BCUT2D eigenvalue weighted by Gasteiger charge is 2.41. The van der Waals surface area contributed by atoms with Gasteiger partial charge < -0.3 is 19.5 Å². The number of nitrogens with one attached hydrogen (secondary N) is 1. The zero-order chi connectivity index (χ0) is 24.5. The molecule has 1 saturated heterocycles. The van der Waals surface area contributed by atoms with E-state index in [4.69, 9.17) is 17.0 Å². The summed E-state index contributed by atoms with van der Waals surface area (Å²) in [5.74, 6) is 0.848. The number of hydrogen-bond acceptors (Lipinski definition) is 3. The topological polar surface area (TPSA) is 42.3 Å². The molecule has 5 nitrogen and oxygen atoms in total. The first kappa shape index (κ1) is 23.1. The van der Waals surface area contributed by atoms with E-state index in [1.165, 1.54) is 33.8 Å². The van der Waals surface area contributed by atoms with Crippen molar-refractivity contribution in [2.45, 2.75) is 39.4 Å². The van der Waals surface area contributed by atoms with Crippen molar-refractivity contribution in [3.8, 4) is 11.4 Å². The summed E-state index contributed by atoms with van der Waals surface area (Å²) in [5.41, 5.74) is 8.24. The van der Waals surface area contributed by atoms with Crippen LogP contribution in [0, 0.1) is 20.8 Å². The van der Waals surface area contributed by atoms with E-state index < -0.39 is 0 Å². The van der Waals surface area contributed by atoms with Crippen LogP contribution in [0.15, 0.2) is 79.0 Å². The Morgan fingerprint density at radius 1 is 0.971 bits per heavy atom. The molecule has 6 heteroatoms. The van der Waals surface area contributed by atoms with Gasteiger partial charge in [-0.2, -0.15) is 0 Å². The summed E-state index contributed by atoms with van der Waals surface area (Å²) >= 11 is 5.89. The molecule has 5 rings (SSSR count). The highest BCUT2D eigenvalue weighted by Crippen LogP contribution is 2.42. The number of thiocarbonyl (C=S) groups is 1. The van der Waals surface area contributed by atoms with Crippen molar-refractivity contribution in [2.75, 3.05) is 7.11 Å². The van der Waals surface area contributed by atoms with Crippen molar-refractivity contribution < 1.29 is 4.74 Å². The molecule has 0 amide bonds. The Labute approximate surface area is 212 Å². The van der Waals surface area contributed by atoms with E-state index in [1.54, 1.807) is 7.11 Å². The van der Waals surface area contributed by atoms with Crippen molar-refractivity contribution in [3.63, 3.8) is 0 Å². The normalized spacial score (nSPS) is 17.5.